The van der Waals surface area contributed by atoms with Crippen LogP contribution in [-0.2, 0) is 6.54 Å². The van der Waals surface area contributed by atoms with Gasteiger partial charge in [-0.05, 0) is 26.0 Å². The molecule has 0 aliphatic heterocycles. The van der Waals surface area contributed by atoms with Crippen LogP contribution in [0, 0.1) is 6.92 Å². The molecule has 1 heterocycles. The molecule has 0 bridgehead atoms. The van der Waals surface area contributed by atoms with Gasteiger partial charge in [0.1, 0.15) is 11.5 Å². The second kappa shape index (κ2) is 5.73. The Balaban J connectivity index is 2.43. The van der Waals surface area contributed by atoms with Crippen molar-refractivity contribution in [2.45, 2.75) is 20.4 Å². The van der Waals surface area contributed by atoms with Gasteiger partial charge in [0, 0.05) is 12.6 Å². The number of rotatable bonds is 5. The molecule has 0 saturated heterocycles. The van der Waals surface area contributed by atoms with E-state index in [4.69, 9.17) is 15.2 Å². The standard InChI is InChI=1S/C14H20N4O2/c1-5-18-14(13(15)9(2)17-18)16-11-8-10(19-3)6-7-12(11)20-4/h6-8,16H,5,15H2,1-4H3. The first-order valence-electron chi connectivity index (χ1n) is 6.42. The number of nitrogens with two attached hydrogens (primary N) is 1. The van der Waals surface area contributed by atoms with E-state index in [0.29, 0.717) is 11.4 Å². The summed E-state index contributed by atoms with van der Waals surface area (Å²) in [6.45, 7) is 4.63. The quantitative estimate of drug-likeness (QED) is 0.878. The van der Waals surface area contributed by atoms with Gasteiger partial charge in [-0.25, -0.2) is 4.68 Å². The number of nitrogens with one attached hydrogen (secondary N) is 1. The number of methoxy groups -OCH3 is 2. The zero-order valence-corrected chi connectivity index (χ0v) is 12.2. The van der Waals surface area contributed by atoms with Crippen LogP contribution in [0.2, 0.25) is 0 Å². The summed E-state index contributed by atoms with van der Waals surface area (Å²) in [5.41, 5.74) is 8.29. The molecule has 0 atom stereocenters. The number of benzene rings is 1. The first-order valence-corrected chi connectivity index (χ1v) is 6.42. The average molecular weight is 276 g/mol. The molecule has 0 aliphatic rings. The van der Waals surface area contributed by atoms with Crippen molar-refractivity contribution in [2.24, 2.45) is 0 Å². The Morgan fingerprint density at radius 1 is 1.30 bits per heavy atom. The first kappa shape index (κ1) is 14.0. The summed E-state index contributed by atoms with van der Waals surface area (Å²) in [5, 5.41) is 7.66. The molecular weight excluding hydrogens is 256 g/mol. The molecule has 20 heavy (non-hydrogen) atoms. The van der Waals surface area contributed by atoms with E-state index in [1.165, 1.54) is 0 Å². The summed E-state index contributed by atoms with van der Waals surface area (Å²) in [6, 6.07) is 5.55. The number of aryl methyl sites for hydroxylation is 2. The molecule has 0 fully saturated rings. The summed E-state index contributed by atoms with van der Waals surface area (Å²) in [4.78, 5) is 0. The molecule has 0 aliphatic carbocycles. The third kappa shape index (κ3) is 2.49. The van der Waals surface area contributed by atoms with Crippen LogP contribution in [0.25, 0.3) is 0 Å². The third-order valence-electron chi connectivity index (χ3n) is 3.13. The minimum Gasteiger partial charge on any atom is -0.497 e. The molecule has 0 spiro atoms. The van der Waals surface area contributed by atoms with Gasteiger partial charge in [-0.1, -0.05) is 0 Å². The van der Waals surface area contributed by atoms with Gasteiger partial charge < -0.3 is 20.5 Å². The predicted octanol–water partition coefficient (Wildman–Crippen LogP) is 2.55. The molecule has 2 aromatic rings. The average Bonchev–Trinajstić information content (AvgIpc) is 2.74. The number of ether oxygens (including phenoxy) is 2. The number of nitrogen functional groups attached to an aromatic ring is 1. The molecular formula is C14H20N4O2. The molecule has 2 rings (SSSR count). The van der Waals surface area contributed by atoms with Crippen LogP contribution < -0.4 is 20.5 Å². The summed E-state index contributed by atoms with van der Waals surface area (Å²) in [7, 11) is 3.25. The largest absolute Gasteiger partial charge is 0.497 e. The van der Waals surface area contributed by atoms with E-state index in [1.54, 1.807) is 14.2 Å². The van der Waals surface area contributed by atoms with Gasteiger partial charge in [0.25, 0.3) is 0 Å². The lowest BCUT2D eigenvalue weighted by Crippen LogP contribution is -2.05. The van der Waals surface area contributed by atoms with E-state index >= 15 is 0 Å². The van der Waals surface area contributed by atoms with Gasteiger partial charge >= 0.3 is 0 Å². The minimum atomic E-state index is 0.636. The Hall–Kier alpha value is -2.37. The van der Waals surface area contributed by atoms with Gasteiger partial charge in [-0.2, -0.15) is 5.10 Å². The molecule has 108 valence electrons. The molecule has 0 amide bonds. The minimum absolute atomic E-state index is 0.636. The predicted molar refractivity (Wildman–Crippen MR) is 79.9 cm³/mol. The fourth-order valence-electron chi connectivity index (χ4n) is 2.00. The molecule has 0 saturated carbocycles. The van der Waals surface area contributed by atoms with Gasteiger partial charge in [0.05, 0.1) is 31.3 Å². The van der Waals surface area contributed by atoms with Crippen molar-refractivity contribution < 1.29 is 9.47 Å². The van der Waals surface area contributed by atoms with Crippen molar-refractivity contribution in [1.82, 2.24) is 9.78 Å². The molecule has 1 aromatic carbocycles. The van der Waals surface area contributed by atoms with Gasteiger partial charge in [-0.3, -0.25) is 0 Å². The number of nitrogens with zero attached hydrogens (tertiary/aromatic N) is 2. The lowest BCUT2D eigenvalue weighted by molar-refractivity contribution is 0.404. The van der Waals surface area contributed by atoms with Crippen LogP contribution in [0.3, 0.4) is 0 Å². The van der Waals surface area contributed by atoms with Crippen molar-refractivity contribution in [1.29, 1.82) is 0 Å². The molecule has 1 aromatic heterocycles. The van der Waals surface area contributed by atoms with Crippen LogP contribution in [0.15, 0.2) is 18.2 Å². The zero-order chi connectivity index (χ0) is 14.7. The van der Waals surface area contributed by atoms with Crippen molar-refractivity contribution in [3.8, 4) is 11.5 Å². The smallest absolute Gasteiger partial charge is 0.152 e. The normalized spacial score (nSPS) is 10.4. The maximum absolute atomic E-state index is 6.07. The maximum atomic E-state index is 6.07. The maximum Gasteiger partial charge on any atom is 0.152 e. The third-order valence-corrected chi connectivity index (χ3v) is 3.13. The summed E-state index contributed by atoms with van der Waals surface area (Å²) in [6.07, 6.45) is 0. The highest BCUT2D eigenvalue weighted by molar-refractivity contribution is 5.74. The second-order valence-electron chi connectivity index (χ2n) is 4.35. The Kier molecular flexibility index (Phi) is 4.02. The van der Waals surface area contributed by atoms with E-state index in [2.05, 4.69) is 10.4 Å². The van der Waals surface area contributed by atoms with E-state index in [1.807, 2.05) is 36.7 Å². The van der Waals surface area contributed by atoms with Crippen LogP contribution in [0.1, 0.15) is 12.6 Å². The van der Waals surface area contributed by atoms with Crippen molar-refractivity contribution in [3.63, 3.8) is 0 Å². The molecule has 0 radical (unpaired) electrons. The molecule has 0 unspecified atom stereocenters. The number of anilines is 3. The second-order valence-corrected chi connectivity index (χ2v) is 4.35. The lowest BCUT2D eigenvalue weighted by Gasteiger charge is -2.14. The summed E-state index contributed by atoms with van der Waals surface area (Å²) in [5.74, 6) is 2.22. The molecule has 3 N–H and O–H groups in total. The monoisotopic (exact) mass is 276 g/mol. The zero-order valence-electron chi connectivity index (χ0n) is 12.2. The Bertz CT molecular complexity index is 607. The summed E-state index contributed by atoms with van der Waals surface area (Å²) >= 11 is 0. The fourth-order valence-corrected chi connectivity index (χ4v) is 2.00. The fraction of sp³-hybridized carbons (Fsp3) is 0.357. The number of hydrogen-bond acceptors (Lipinski definition) is 5. The van der Waals surface area contributed by atoms with E-state index in [0.717, 1.165) is 29.5 Å². The van der Waals surface area contributed by atoms with E-state index < -0.39 is 0 Å². The van der Waals surface area contributed by atoms with Crippen LogP contribution >= 0.6 is 0 Å². The lowest BCUT2D eigenvalue weighted by atomic mass is 10.2. The topological polar surface area (TPSA) is 74.3 Å². The highest BCUT2D eigenvalue weighted by Gasteiger charge is 2.14. The Morgan fingerprint density at radius 3 is 2.65 bits per heavy atom. The number of hydrogen-bond donors (Lipinski definition) is 2. The van der Waals surface area contributed by atoms with Crippen molar-refractivity contribution >= 4 is 17.2 Å². The van der Waals surface area contributed by atoms with Gasteiger partial charge in [0.2, 0.25) is 0 Å². The molecule has 6 nitrogen and oxygen atoms in total. The van der Waals surface area contributed by atoms with E-state index in [-0.39, 0.29) is 0 Å². The van der Waals surface area contributed by atoms with Gasteiger partial charge in [0.15, 0.2) is 5.82 Å². The van der Waals surface area contributed by atoms with Crippen LogP contribution in [0.4, 0.5) is 17.2 Å². The van der Waals surface area contributed by atoms with E-state index in [9.17, 15) is 0 Å². The SMILES string of the molecule is CCn1nc(C)c(N)c1Nc1cc(OC)ccc1OC. The Morgan fingerprint density at radius 2 is 2.05 bits per heavy atom. The van der Waals surface area contributed by atoms with Crippen LogP contribution in [0.5, 0.6) is 11.5 Å². The van der Waals surface area contributed by atoms with Crippen molar-refractivity contribution in [2.75, 3.05) is 25.3 Å². The first-order chi connectivity index (χ1) is 9.60. The highest BCUT2D eigenvalue weighted by atomic mass is 16.5. The van der Waals surface area contributed by atoms with Crippen LogP contribution in [-0.4, -0.2) is 24.0 Å². The van der Waals surface area contributed by atoms with Gasteiger partial charge in [-0.15, -0.1) is 0 Å². The Labute approximate surface area is 118 Å². The molecule has 6 heteroatoms. The number of aromatic nitrogens is 2. The van der Waals surface area contributed by atoms with Crippen molar-refractivity contribution in [3.05, 3.63) is 23.9 Å². The summed E-state index contributed by atoms with van der Waals surface area (Å²) < 4.78 is 12.4. The highest BCUT2D eigenvalue weighted by Crippen LogP contribution is 2.34.